The van der Waals surface area contributed by atoms with E-state index in [9.17, 15) is 10.2 Å². The summed E-state index contributed by atoms with van der Waals surface area (Å²) >= 11 is 0. The van der Waals surface area contributed by atoms with Crippen LogP contribution in [0.5, 0.6) is 0 Å². The van der Waals surface area contributed by atoms with Crippen molar-refractivity contribution in [2.45, 2.75) is 44.6 Å². The Hall–Kier alpha value is -0.820. The summed E-state index contributed by atoms with van der Waals surface area (Å²) < 4.78 is 10.2. The molecule has 1 aliphatic heterocycles. The van der Waals surface area contributed by atoms with Crippen molar-refractivity contribution in [3.8, 4) is 0 Å². The Morgan fingerprint density at radius 2 is 1.75 bits per heavy atom. The lowest BCUT2D eigenvalue weighted by atomic mass is 10.1. The van der Waals surface area contributed by atoms with Crippen molar-refractivity contribution in [1.82, 2.24) is 0 Å². The van der Waals surface area contributed by atoms with Crippen LogP contribution in [0.2, 0.25) is 0 Å². The first-order valence-electron chi connectivity index (χ1n) is 4.74. The van der Waals surface area contributed by atoms with Crippen LogP contribution in [-0.2, 0) is 19.1 Å². The van der Waals surface area contributed by atoms with Crippen molar-refractivity contribution in [2.24, 2.45) is 0 Å². The summed E-state index contributed by atoms with van der Waals surface area (Å²) in [6, 6.07) is 0. The zero-order valence-corrected chi connectivity index (χ0v) is 9.07. The van der Waals surface area contributed by atoms with Crippen LogP contribution >= 0.6 is 0 Å². The molecule has 1 rings (SSSR count). The molecule has 0 aromatic heterocycles. The van der Waals surface area contributed by atoms with Crippen molar-refractivity contribution < 1.29 is 34.4 Å². The fraction of sp³-hybridized carbons (Fsp3) is 0.889. The molecule has 16 heavy (non-hydrogen) atoms. The largest absolute Gasteiger partial charge is 0.388 e. The van der Waals surface area contributed by atoms with E-state index in [-0.39, 0.29) is 18.9 Å². The Balaban J connectivity index is 0.000000673. The van der Waals surface area contributed by atoms with Crippen molar-refractivity contribution in [1.29, 1.82) is 0 Å². The summed E-state index contributed by atoms with van der Waals surface area (Å²) in [7, 11) is 0. The third-order valence-electron chi connectivity index (χ3n) is 1.86. The standard InChI is InChI=1S/C8H16O5.CO2/c1-4(2)13-8-7(11)6(10)5(9)3-12-8;2-1-3/h4-11H,3H2,1-2H3;/t5-,6+,7?,8+;/m1./s1. The second-order valence-electron chi connectivity index (χ2n) is 3.52. The summed E-state index contributed by atoms with van der Waals surface area (Å²) in [4.78, 5) is 16.2. The topological polar surface area (TPSA) is 113 Å². The van der Waals surface area contributed by atoms with Crippen molar-refractivity contribution in [2.75, 3.05) is 6.61 Å². The monoisotopic (exact) mass is 236 g/mol. The lowest BCUT2D eigenvalue weighted by molar-refractivity contribution is -0.278. The Morgan fingerprint density at radius 1 is 1.25 bits per heavy atom. The second kappa shape index (κ2) is 7.45. The first kappa shape index (κ1) is 15.2. The molecule has 0 aliphatic carbocycles. The van der Waals surface area contributed by atoms with E-state index in [4.69, 9.17) is 24.2 Å². The molecule has 0 amide bonds. The predicted octanol–water partition coefficient (Wildman–Crippen LogP) is -1.73. The first-order valence-corrected chi connectivity index (χ1v) is 4.74. The van der Waals surface area contributed by atoms with E-state index in [1.807, 2.05) is 0 Å². The maximum atomic E-state index is 9.40. The molecule has 0 saturated carbocycles. The van der Waals surface area contributed by atoms with Gasteiger partial charge in [-0.2, -0.15) is 9.59 Å². The lowest BCUT2D eigenvalue weighted by Crippen LogP contribution is -2.54. The Bertz CT molecular complexity index is 224. The minimum Gasteiger partial charge on any atom is -0.388 e. The molecule has 7 heteroatoms. The average molecular weight is 236 g/mol. The molecular weight excluding hydrogens is 220 g/mol. The van der Waals surface area contributed by atoms with E-state index in [0.717, 1.165) is 0 Å². The number of ether oxygens (including phenoxy) is 2. The summed E-state index contributed by atoms with van der Waals surface area (Å²) in [6.45, 7) is 3.58. The van der Waals surface area contributed by atoms with Gasteiger partial charge in [0.25, 0.3) is 0 Å². The van der Waals surface area contributed by atoms with E-state index >= 15 is 0 Å². The van der Waals surface area contributed by atoms with Gasteiger partial charge in [0.05, 0.1) is 12.7 Å². The minimum absolute atomic E-state index is 0.0182. The molecule has 1 heterocycles. The highest BCUT2D eigenvalue weighted by Gasteiger charge is 2.38. The summed E-state index contributed by atoms with van der Waals surface area (Å²) in [5.74, 6) is 0. The van der Waals surface area contributed by atoms with Gasteiger partial charge in [-0.05, 0) is 13.8 Å². The van der Waals surface area contributed by atoms with Crippen molar-refractivity contribution in [3.05, 3.63) is 0 Å². The van der Waals surface area contributed by atoms with Gasteiger partial charge < -0.3 is 24.8 Å². The normalized spacial score (nSPS) is 33.9. The van der Waals surface area contributed by atoms with Gasteiger partial charge in [-0.3, -0.25) is 0 Å². The molecule has 0 radical (unpaired) electrons. The molecule has 4 atom stereocenters. The van der Waals surface area contributed by atoms with Crippen LogP contribution in [0.15, 0.2) is 0 Å². The van der Waals surface area contributed by atoms with Crippen LogP contribution < -0.4 is 0 Å². The summed E-state index contributed by atoms with van der Waals surface area (Å²) in [6.07, 6.45) is -4.12. The SMILES string of the molecule is CC(C)O[C@@H]1OC[C@@H](O)[C@H](O)C1O.O=C=O. The zero-order valence-electron chi connectivity index (χ0n) is 9.07. The van der Waals surface area contributed by atoms with E-state index < -0.39 is 24.6 Å². The van der Waals surface area contributed by atoms with Gasteiger partial charge in [-0.25, -0.2) is 0 Å². The molecule has 0 bridgehead atoms. The maximum absolute atomic E-state index is 9.40. The van der Waals surface area contributed by atoms with Crippen LogP contribution in [0.25, 0.3) is 0 Å². The predicted molar refractivity (Wildman–Crippen MR) is 49.0 cm³/mol. The van der Waals surface area contributed by atoms with Crippen LogP contribution in [0, 0.1) is 0 Å². The molecule has 1 aliphatic rings. The summed E-state index contributed by atoms with van der Waals surface area (Å²) in [5, 5.41) is 27.8. The Labute approximate surface area is 92.6 Å². The number of hydrogen-bond donors (Lipinski definition) is 3. The number of aliphatic hydroxyl groups is 3. The van der Waals surface area contributed by atoms with E-state index in [2.05, 4.69) is 0 Å². The molecule has 0 spiro atoms. The number of carbonyl (C=O) groups excluding carboxylic acids is 2. The second-order valence-corrected chi connectivity index (χ2v) is 3.52. The quantitative estimate of drug-likeness (QED) is 0.522. The van der Waals surface area contributed by atoms with E-state index in [1.165, 1.54) is 0 Å². The fourth-order valence-corrected chi connectivity index (χ4v) is 1.17. The highest BCUT2D eigenvalue weighted by molar-refractivity contribution is 5.20. The van der Waals surface area contributed by atoms with Crippen molar-refractivity contribution >= 4 is 6.15 Å². The zero-order chi connectivity index (χ0) is 12.7. The Kier molecular flexibility index (Phi) is 7.07. The Morgan fingerprint density at radius 3 is 2.19 bits per heavy atom. The van der Waals surface area contributed by atoms with Crippen LogP contribution in [-0.4, -0.2) is 58.8 Å². The fourth-order valence-electron chi connectivity index (χ4n) is 1.17. The van der Waals surface area contributed by atoms with Gasteiger partial charge in [0.2, 0.25) is 0 Å². The first-order chi connectivity index (χ1) is 7.43. The lowest BCUT2D eigenvalue weighted by Gasteiger charge is -2.35. The molecular formula is C9H16O7. The summed E-state index contributed by atoms with van der Waals surface area (Å²) in [5.41, 5.74) is 0. The van der Waals surface area contributed by atoms with Gasteiger partial charge in [-0.1, -0.05) is 0 Å². The maximum Gasteiger partial charge on any atom is 0.373 e. The molecule has 7 nitrogen and oxygen atoms in total. The van der Waals surface area contributed by atoms with Gasteiger partial charge in [0, 0.05) is 0 Å². The highest BCUT2D eigenvalue weighted by Crippen LogP contribution is 2.17. The van der Waals surface area contributed by atoms with Gasteiger partial charge in [-0.15, -0.1) is 0 Å². The number of hydrogen-bond acceptors (Lipinski definition) is 7. The molecule has 94 valence electrons. The van der Waals surface area contributed by atoms with E-state index in [1.54, 1.807) is 13.8 Å². The average Bonchev–Trinajstić information content (AvgIpc) is 2.20. The van der Waals surface area contributed by atoms with Crippen molar-refractivity contribution in [3.63, 3.8) is 0 Å². The molecule has 1 unspecified atom stereocenters. The van der Waals surface area contributed by atoms with Gasteiger partial charge >= 0.3 is 6.15 Å². The van der Waals surface area contributed by atoms with Gasteiger partial charge in [0.1, 0.15) is 18.3 Å². The number of rotatable bonds is 2. The molecule has 1 fully saturated rings. The van der Waals surface area contributed by atoms with Crippen LogP contribution in [0.4, 0.5) is 0 Å². The highest BCUT2D eigenvalue weighted by atomic mass is 16.7. The van der Waals surface area contributed by atoms with Gasteiger partial charge in [0.15, 0.2) is 6.29 Å². The van der Waals surface area contributed by atoms with E-state index in [0.29, 0.717) is 0 Å². The third-order valence-corrected chi connectivity index (χ3v) is 1.86. The molecule has 0 aromatic carbocycles. The van der Waals surface area contributed by atoms with Crippen LogP contribution in [0.3, 0.4) is 0 Å². The van der Waals surface area contributed by atoms with Crippen LogP contribution in [0.1, 0.15) is 13.8 Å². The minimum atomic E-state index is -1.20. The molecule has 1 saturated heterocycles. The third kappa shape index (κ3) is 4.80. The number of aliphatic hydroxyl groups excluding tert-OH is 3. The molecule has 3 N–H and O–H groups in total. The smallest absolute Gasteiger partial charge is 0.373 e. The molecule has 0 aromatic rings.